The third kappa shape index (κ3) is 2.78. The van der Waals surface area contributed by atoms with Crippen LogP contribution in [0.15, 0.2) is 11.6 Å². The predicted octanol–water partition coefficient (Wildman–Crippen LogP) is 2.89. The van der Waals surface area contributed by atoms with Gasteiger partial charge in [-0.2, -0.15) is 14.1 Å². The first-order valence-electron chi connectivity index (χ1n) is 10.2. The molecule has 3 aliphatic carbocycles. The molecule has 0 aromatic carbocycles. The van der Waals surface area contributed by atoms with Gasteiger partial charge in [-0.3, -0.25) is 0 Å². The first-order valence-corrected chi connectivity index (χ1v) is 10.2. The van der Waals surface area contributed by atoms with Crippen molar-refractivity contribution in [2.24, 2.45) is 35.5 Å². The lowest BCUT2D eigenvalue weighted by atomic mass is 9.45. The van der Waals surface area contributed by atoms with Crippen molar-refractivity contribution >= 4 is 0 Å². The third-order valence-electron chi connectivity index (χ3n) is 8.26. The Morgan fingerprint density at radius 3 is 2.58 bits per heavy atom. The summed E-state index contributed by atoms with van der Waals surface area (Å²) in [6.07, 6.45) is 9.30. The Kier molecular flexibility index (Phi) is 4.94. The van der Waals surface area contributed by atoms with E-state index in [2.05, 4.69) is 65.4 Å². The first kappa shape index (κ1) is 18.5. The van der Waals surface area contributed by atoms with E-state index in [-0.39, 0.29) is 5.54 Å². The van der Waals surface area contributed by atoms with E-state index in [1.54, 1.807) is 5.57 Å². The molecule has 7 atom stereocenters. The molecule has 3 aliphatic rings. The van der Waals surface area contributed by atoms with Gasteiger partial charge in [0.2, 0.25) is 0 Å². The maximum Gasteiger partial charge on any atom is 0.0821 e. The molecule has 2 saturated carbocycles. The smallest absolute Gasteiger partial charge is 0.0821 e. The largest absolute Gasteiger partial charge is 0.474 e. The van der Waals surface area contributed by atoms with Crippen molar-refractivity contribution in [2.45, 2.75) is 77.8 Å². The van der Waals surface area contributed by atoms with Crippen LogP contribution in [-0.2, 0) is 0 Å². The second kappa shape index (κ2) is 6.43. The van der Waals surface area contributed by atoms with E-state index in [0.29, 0.717) is 5.54 Å². The second-order valence-corrected chi connectivity index (χ2v) is 10.0. The lowest BCUT2D eigenvalue weighted by Gasteiger charge is -2.61. The fraction of sp³-hybridized carbons (Fsp3) is 0.818. The molecule has 0 bridgehead atoms. The van der Waals surface area contributed by atoms with E-state index < -0.39 is 0 Å². The van der Waals surface area contributed by atoms with Crippen LogP contribution in [0, 0.1) is 49.6 Å². The van der Waals surface area contributed by atoms with E-state index in [4.69, 9.17) is 0 Å². The van der Waals surface area contributed by atoms with E-state index in [1.807, 2.05) is 0 Å². The molecule has 0 aliphatic heterocycles. The van der Waals surface area contributed by atoms with Gasteiger partial charge in [0.1, 0.15) is 0 Å². The van der Waals surface area contributed by atoms with Crippen LogP contribution in [0.5, 0.6) is 0 Å². The Hall–Kier alpha value is -0.340. The Morgan fingerprint density at radius 2 is 1.96 bits per heavy atom. The molecule has 24 heavy (non-hydrogen) atoms. The molecule has 2 heteroatoms. The minimum absolute atomic E-state index is 0.242. The van der Waals surface area contributed by atoms with Crippen LogP contribution in [-0.4, -0.2) is 11.1 Å². The molecule has 0 aromatic rings. The summed E-state index contributed by atoms with van der Waals surface area (Å²) in [4.78, 5) is 0. The van der Waals surface area contributed by atoms with Crippen molar-refractivity contribution in [3.63, 3.8) is 0 Å². The van der Waals surface area contributed by atoms with Crippen molar-refractivity contribution in [1.29, 1.82) is 0 Å². The molecule has 0 heterocycles. The van der Waals surface area contributed by atoms with E-state index >= 15 is 0 Å². The predicted molar refractivity (Wildman–Crippen MR) is 101 cm³/mol. The zero-order valence-electron chi connectivity index (χ0n) is 16.6. The fourth-order valence-electron chi connectivity index (χ4n) is 6.81. The van der Waals surface area contributed by atoms with Gasteiger partial charge in [0.05, 0.1) is 11.1 Å². The number of quaternary nitrogens is 2. The van der Waals surface area contributed by atoms with Crippen LogP contribution < -0.4 is 10.6 Å². The Balaban J connectivity index is 2.01. The monoisotopic (exact) mass is 332 g/mol. The van der Waals surface area contributed by atoms with Crippen LogP contribution in [0.2, 0.25) is 0 Å². The summed E-state index contributed by atoms with van der Waals surface area (Å²) in [6.45, 7) is 12.2. The molecular weight excluding hydrogens is 292 g/mol. The minimum Gasteiger partial charge on any atom is -0.474 e. The van der Waals surface area contributed by atoms with Crippen LogP contribution in [0.1, 0.15) is 66.7 Å². The summed E-state index contributed by atoms with van der Waals surface area (Å²) in [5, 5.41) is 4.55. The quantitative estimate of drug-likeness (QED) is 0.586. The molecule has 3 rings (SSSR count). The number of hydrogen-bond donors (Lipinski definition) is 2. The van der Waals surface area contributed by atoms with Crippen molar-refractivity contribution in [3.8, 4) is 0 Å². The van der Waals surface area contributed by atoms with Gasteiger partial charge < -0.3 is 10.6 Å². The van der Waals surface area contributed by atoms with E-state index in [0.717, 1.165) is 35.5 Å². The zero-order chi connectivity index (χ0) is 17.7. The maximum atomic E-state index is 4.36. The Bertz CT molecular complexity index is 494. The normalized spacial score (nSPS) is 45.5. The number of hydrogen-bond acceptors (Lipinski definition) is 0. The van der Waals surface area contributed by atoms with Crippen LogP contribution in [0.3, 0.4) is 0 Å². The summed E-state index contributed by atoms with van der Waals surface area (Å²) < 4.78 is 0. The maximum absolute atomic E-state index is 4.36. The highest BCUT2D eigenvalue weighted by Gasteiger charge is 2.59. The summed E-state index contributed by atoms with van der Waals surface area (Å²) in [5.74, 6) is 4.92. The number of nitrogens with two attached hydrogens (primary N) is 2. The van der Waals surface area contributed by atoms with Gasteiger partial charge >= 0.3 is 0 Å². The minimum atomic E-state index is 0.242. The van der Waals surface area contributed by atoms with Gasteiger partial charge in [0.25, 0.3) is 0 Å². The van der Waals surface area contributed by atoms with Crippen molar-refractivity contribution in [1.82, 2.24) is 0 Å². The molecule has 4 N–H and O–H groups in total. The molecule has 2 nitrogen and oxygen atoms in total. The Morgan fingerprint density at radius 1 is 1.25 bits per heavy atom. The second-order valence-electron chi connectivity index (χ2n) is 10.0. The van der Waals surface area contributed by atoms with Gasteiger partial charge in [0, 0.05) is 24.7 Å². The number of allylic oxidation sites excluding steroid dienone is 1. The van der Waals surface area contributed by atoms with Crippen LogP contribution in [0.4, 0.5) is 0 Å². The van der Waals surface area contributed by atoms with E-state index in [1.165, 1.54) is 32.1 Å². The van der Waals surface area contributed by atoms with Gasteiger partial charge in [-0.1, -0.05) is 25.5 Å². The summed E-state index contributed by atoms with van der Waals surface area (Å²) >= 11 is 0. The standard InChI is InChI=1S/C22H40N2/c1-14-10-11-22(24-7)16(3)8-9-18-15(2)12-17(19(14)20(18)22)13-21(4,5)23-6/h10,15-20H,6-9,11-13,23-24H2,1-5H3/t15-,16-,17-,18+,19-,20-,22-/m0/s1. The SMILES string of the molecule is [CH2-][NH2+]C(C)(C)C[C@@H]1C[C@H](C)[C@H]2CC[C@H](C)[C@@]3([NH2+][CH2-])CC=C(C)[C@@H]1[C@H]23. The first-order chi connectivity index (χ1) is 11.3. The summed E-state index contributed by atoms with van der Waals surface area (Å²) in [5.41, 5.74) is 2.26. The highest BCUT2D eigenvalue weighted by Crippen LogP contribution is 2.59. The molecule has 0 spiro atoms. The molecule has 0 unspecified atom stereocenters. The average molecular weight is 333 g/mol. The van der Waals surface area contributed by atoms with Crippen LogP contribution in [0.25, 0.3) is 0 Å². The summed E-state index contributed by atoms with van der Waals surface area (Å²) in [7, 11) is 8.47. The highest BCUT2D eigenvalue weighted by molar-refractivity contribution is 5.22. The zero-order valence-corrected chi connectivity index (χ0v) is 16.6. The highest BCUT2D eigenvalue weighted by atomic mass is 15.0. The third-order valence-corrected chi connectivity index (χ3v) is 8.26. The lowest BCUT2D eigenvalue weighted by Crippen LogP contribution is -2.97. The van der Waals surface area contributed by atoms with Crippen LogP contribution >= 0.6 is 0 Å². The lowest BCUT2D eigenvalue weighted by molar-refractivity contribution is -0.701. The van der Waals surface area contributed by atoms with Crippen molar-refractivity contribution in [2.75, 3.05) is 0 Å². The molecule has 2 fully saturated rings. The van der Waals surface area contributed by atoms with Gasteiger partial charge in [0.15, 0.2) is 0 Å². The van der Waals surface area contributed by atoms with Crippen molar-refractivity contribution < 1.29 is 10.6 Å². The van der Waals surface area contributed by atoms with Gasteiger partial charge in [-0.15, -0.1) is 0 Å². The molecule has 0 amide bonds. The van der Waals surface area contributed by atoms with Crippen molar-refractivity contribution in [3.05, 3.63) is 25.7 Å². The topological polar surface area (TPSA) is 33.2 Å². The summed E-state index contributed by atoms with van der Waals surface area (Å²) in [6, 6.07) is 0. The molecular formula is C22H40N2. The van der Waals surface area contributed by atoms with Gasteiger partial charge in [-0.05, 0) is 63.7 Å². The number of rotatable bonds is 4. The Labute approximate surface area is 150 Å². The van der Waals surface area contributed by atoms with E-state index in [9.17, 15) is 0 Å². The molecule has 138 valence electrons. The average Bonchev–Trinajstić information content (AvgIpc) is 2.54. The molecule has 0 aromatic heterocycles. The molecule has 0 saturated heterocycles. The van der Waals surface area contributed by atoms with Gasteiger partial charge in [-0.25, -0.2) is 0 Å². The molecule has 0 radical (unpaired) electrons. The fourth-order valence-corrected chi connectivity index (χ4v) is 6.81.